The number of benzene rings is 8. The summed E-state index contributed by atoms with van der Waals surface area (Å²) in [6.07, 6.45) is 3.82. The quantitative estimate of drug-likeness (QED) is 0.114. The van der Waals surface area contributed by atoms with Crippen LogP contribution in [0.15, 0.2) is 259 Å². The number of hydrogen-bond acceptors (Lipinski definition) is 3. The van der Waals surface area contributed by atoms with Crippen molar-refractivity contribution in [3.63, 3.8) is 0 Å². The van der Waals surface area contributed by atoms with Crippen molar-refractivity contribution in [2.24, 2.45) is 0 Å². The van der Waals surface area contributed by atoms with Crippen LogP contribution in [0.1, 0.15) is 0 Å². The first-order valence-electron chi connectivity index (χ1n) is 21.8. The van der Waals surface area contributed by atoms with Crippen LogP contribution < -0.4 is 41.5 Å². The van der Waals surface area contributed by atoms with Crippen LogP contribution in [-0.2, 0) is 0 Å². The van der Waals surface area contributed by atoms with Gasteiger partial charge < -0.3 is 0 Å². The van der Waals surface area contributed by atoms with E-state index in [1.807, 2.05) is 30.2 Å². The molecular weight excluding hydrogens is 827 g/mol. The number of aromatic nitrogens is 3. The van der Waals surface area contributed by atoms with Crippen LogP contribution in [0.3, 0.4) is 0 Å². The van der Waals surface area contributed by atoms with Gasteiger partial charge in [0, 0.05) is 44.2 Å². The monoisotopic (exact) mass is 867 g/mol. The third-order valence-corrected chi connectivity index (χ3v) is 24.4. The van der Waals surface area contributed by atoms with E-state index in [1.54, 1.807) is 0 Å². The second-order valence-corrected chi connectivity index (χ2v) is 25.0. The topological polar surface area (TPSA) is 30.7 Å². The Bertz CT molecular complexity index is 3390. The van der Waals surface area contributed by atoms with Gasteiger partial charge in [0.2, 0.25) is 0 Å². The van der Waals surface area contributed by atoms with Crippen LogP contribution >= 0.6 is 11.8 Å². The minimum absolute atomic E-state index is 0.957. The van der Waals surface area contributed by atoms with Gasteiger partial charge in [-0.25, -0.2) is 4.98 Å². The van der Waals surface area contributed by atoms with Crippen molar-refractivity contribution in [3.05, 3.63) is 249 Å². The first kappa shape index (κ1) is 38.3. The molecule has 0 bridgehead atoms. The van der Waals surface area contributed by atoms with Crippen LogP contribution in [0.5, 0.6) is 0 Å². The second-order valence-electron chi connectivity index (χ2n) is 16.5. The average molecular weight is 868 g/mol. The van der Waals surface area contributed by atoms with E-state index in [-0.39, 0.29) is 0 Å². The maximum atomic E-state index is 5.22. The Balaban J connectivity index is 1.14. The summed E-state index contributed by atoms with van der Waals surface area (Å²) in [7, 11) is -5.74. The lowest BCUT2D eigenvalue weighted by atomic mass is 10.1. The molecule has 3 aromatic heterocycles. The van der Waals surface area contributed by atoms with Crippen molar-refractivity contribution in [1.82, 2.24) is 14.5 Å². The van der Waals surface area contributed by atoms with Crippen molar-refractivity contribution >= 4 is 91.3 Å². The van der Waals surface area contributed by atoms with E-state index in [1.165, 1.54) is 56.7 Å². The number of rotatable bonds is 8. The third-order valence-electron chi connectivity index (χ3n) is 13.2. The molecule has 302 valence electrons. The Morgan fingerprint density at radius 3 is 1.72 bits per heavy atom. The van der Waals surface area contributed by atoms with Crippen molar-refractivity contribution in [2.45, 2.75) is 9.79 Å². The van der Waals surface area contributed by atoms with Gasteiger partial charge in [0.05, 0.1) is 11.2 Å². The zero-order valence-electron chi connectivity index (χ0n) is 34.9. The lowest BCUT2D eigenvalue weighted by Crippen LogP contribution is -2.76. The third kappa shape index (κ3) is 5.87. The van der Waals surface area contributed by atoms with E-state index in [4.69, 9.17) is 9.97 Å². The Morgan fingerprint density at radius 1 is 0.438 bits per heavy atom. The number of nitrogens with zero attached hydrogens (tertiary/aromatic N) is 3. The molecule has 0 amide bonds. The summed E-state index contributed by atoms with van der Waals surface area (Å²) in [6.45, 7) is 0. The highest BCUT2D eigenvalue weighted by atomic mass is 32.2. The van der Waals surface area contributed by atoms with Gasteiger partial charge in [0.1, 0.15) is 5.65 Å². The van der Waals surface area contributed by atoms with E-state index in [9.17, 15) is 0 Å². The zero-order valence-corrected chi connectivity index (χ0v) is 37.7. The van der Waals surface area contributed by atoms with Crippen molar-refractivity contribution in [2.75, 3.05) is 0 Å². The predicted molar refractivity (Wildman–Crippen MR) is 273 cm³/mol. The van der Waals surface area contributed by atoms with Crippen LogP contribution in [0.4, 0.5) is 0 Å². The van der Waals surface area contributed by atoms with Crippen molar-refractivity contribution in [3.8, 4) is 16.9 Å². The van der Waals surface area contributed by atoms with Gasteiger partial charge in [-0.05, 0) is 90.0 Å². The molecule has 12 rings (SSSR count). The fourth-order valence-corrected chi connectivity index (χ4v) is 22.5. The molecule has 11 aromatic rings. The number of hydrogen-bond donors (Lipinski definition) is 0. The predicted octanol–water partition coefficient (Wildman–Crippen LogP) is 8.46. The SMILES string of the molecule is c1ccc([Si](c2ccccc2)(c2cccc(-c3ccccn3)c2)c2cccc(-n3c4ccc5c(c4c4cccnc43)Sc3ccccc3[Si]5(c3ccccc3)c3ccccc3)c2)cc1. The minimum atomic E-state index is -2.96. The highest BCUT2D eigenvalue weighted by Gasteiger charge is 2.48. The Kier molecular flexibility index (Phi) is 9.44. The standard InChI is InChI=1S/C58H41N3SSi2/c1-5-22-44(23-6-1)63(45-24-7-2-8-25-45,48-30-17-20-42(40-48)51-33-15-16-38-59-51)49-31-18-21-43(41-49)61-52-36-37-55-57(56(52)50-32-19-39-60-58(50)61)62-53-34-13-14-35-54(53)64(55,46-26-9-3-10-27-46)47-28-11-4-12-29-47/h1-41H. The molecular formula is C58H41N3SSi2. The molecule has 1 aliphatic heterocycles. The lowest BCUT2D eigenvalue weighted by Gasteiger charge is -2.40. The molecule has 3 nitrogen and oxygen atoms in total. The summed E-state index contributed by atoms with van der Waals surface area (Å²) in [6, 6.07) is 87.9. The molecule has 0 unspecified atom stereocenters. The van der Waals surface area contributed by atoms with Gasteiger partial charge >= 0.3 is 0 Å². The molecule has 64 heavy (non-hydrogen) atoms. The van der Waals surface area contributed by atoms with Crippen LogP contribution in [-0.4, -0.2) is 30.7 Å². The molecule has 6 heteroatoms. The minimum Gasteiger partial charge on any atom is -0.294 e. The summed E-state index contributed by atoms with van der Waals surface area (Å²) in [5.41, 5.74) is 5.28. The average Bonchev–Trinajstić information content (AvgIpc) is 3.72. The van der Waals surface area contributed by atoms with Crippen molar-refractivity contribution < 1.29 is 0 Å². The van der Waals surface area contributed by atoms with Crippen LogP contribution in [0, 0.1) is 0 Å². The Labute approximate surface area is 379 Å². The molecule has 0 saturated heterocycles. The second kappa shape index (κ2) is 15.8. The molecule has 0 radical (unpaired) electrons. The highest BCUT2D eigenvalue weighted by molar-refractivity contribution is 8.00. The molecule has 0 fully saturated rings. The molecule has 0 aliphatic carbocycles. The zero-order chi connectivity index (χ0) is 42.5. The number of fused-ring (bicyclic) bond motifs is 6. The molecule has 0 spiro atoms. The van der Waals surface area contributed by atoms with Gasteiger partial charge in [-0.15, -0.1) is 0 Å². The molecule has 0 atom stereocenters. The Hall–Kier alpha value is -7.36. The van der Waals surface area contributed by atoms with Crippen molar-refractivity contribution in [1.29, 1.82) is 0 Å². The fraction of sp³-hybridized carbons (Fsp3) is 0. The maximum Gasteiger partial charge on any atom is 0.181 e. The van der Waals surface area contributed by atoms with Gasteiger partial charge in [-0.3, -0.25) is 9.55 Å². The van der Waals surface area contributed by atoms with E-state index in [0.717, 1.165) is 33.5 Å². The van der Waals surface area contributed by atoms with E-state index >= 15 is 0 Å². The van der Waals surface area contributed by atoms with E-state index in [0.29, 0.717) is 0 Å². The van der Waals surface area contributed by atoms with Gasteiger partial charge in [-0.2, -0.15) is 0 Å². The van der Waals surface area contributed by atoms with Crippen LogP contribution in [0.2, 0.25) is 0 Å². The largest absolute Gasteiger partial charge is 0.294 e. The first-order valence-corrected chi connectivity index (χ1v) is 26.6. The maximum absolute atomic E-state index is 5.22. The highest BCUT2D eigenvalue weighted by Crippen LogP contribution is 2.42. The smallest absolute Gasteiger partial charge is 0.181 e. The van der Waals surface area contributed by atoms with E-state index in [2.05, 4.69) is 235 Å². The molecule has 8 aromatic carbocycles. The van der Waals surface area contributed by atoms with Crippen LogP contribution in [0.25, 0.3) is 38.9 Å². The molecule has 1 aliphatic rings. The molecule has 0 N–H and O–H groups in total. The van der Waals surface area contributed by atoms with Gasteiger partial charge in [0.25, 0.3) is 0 Å². The summed E-state index contributed by atoms with van der Waals surface area (Å²) >= 11 is 1.92. The Morgan fingerprint density at radius 2 is 1.03 bits per heavy atom. The normalized spacial score (nSPS) is 13.1. The summed E-state index contributed by atoms with van der Waals surface area (Å²) < 4.78 is 2.42. The van der Waals surface area contributed by atoms with Gasteiger partial charge in [-0.1, -0.05) is 200 Å². The van der Waals surface area contributed by atoms with E-state index < -0.39 is 16.1 Å². The van der Waals surface area contributed by atoms with Gasteiger partial charge in [0.15, 0.2) is 16.1 Å². The first-order chi connectivity index (χ1) is 31.8. The summed E-state index contributed by atoms with van der Waals surface area (Å²) in [5, 5.41) is 13.3. The molecule has 0 saturated carbocycles. The molecule has 4 heterocycles. The fourth-order valence-electron chi connectivity index (χ4n) is 10.6. The lowest BCUT2D eigenvalue weighted by molar-refractivity contribution is 1.14. The summed E-state index contributed by atoms with van der Waals surface area (Å²) in [4.78, 5) is 12.7. The number of pyridine rings is 2. The summed E-state index contributed by atoms with van der Waals surface area (Å²) in [5.74, 6) is 0.